The van der Waals surface area contributed by atoms with E-state index in [1.54, 1.807) is 0 Å². The van der Waals surface area contributed by atoms with Crippen molar-refractivity contribution < 1.29 is 9.90 Å². The predicted octanol–water partition coefficient (Wildman–Crippen LogP) is 0.693. The molecule has 12 heavy (non-hydrogen) atoms. The highest BCUT2D eigenvalue weighted by Crippen LogP contribution is 2.05. The summed E-state index contributed by atoms with van der Waals surface area (Å²) in [6.45, 7) is 2.55. The van der Waals surface area contributed by atoms with Gasteiger partial charge in [-0.15, -0.1) is 0 Å². The van der Waals surface area contributed by atoms with Gasteiger partial charge in [0.05, 0.1) is 0 Å². The molecule has 1 aromatic rings. The van der Waals surface area contributed by atoms with Gasteiger partial charge in [-0.25, -0.2) is 5.10 Å². The van der Waals surface area contributed by atoms with Gasteiger partial charge in [-0.3, -0.25) is 9.90 Å². The van der Waals surface area contributed by atoms with E-state index in [-0.39, 0.29) is 17.5 Å². The van der Waals surface area contributed by atoms with Crippen molar-refractivity contribution in [3.63, 3.8) is 0 Å². The molecule has 1 amide bonds. The number of aromatic nitrogens is 2. The molecule has 0 aromatic carbocycles. The van der Waals surface area contributed by atoms with Crippen molar-refractivity contribution in [3.05, 3.63) is 11.8 Å². The van der Waals surface area contributed by atoms with E-state index in [9.17, 15) is 9.90 Å². The van der Waals surface area contributed by atoms with Gasteiger partial charge in [0.25, 0.3) is 11.8 Å². The maximum absolute atomic E-state index is 11.1. The van der Waals surface area contributed by atoms with Crippen molar-refractivity contribution in [1.82, 2.24) is 15.5 Å². The van der Waals surface area contributed by atoms with Crippen molar-refractivity contribution in [2.45, 2.75) is 13.3 Å². The summed E-state index contributed by atoms with van der Waals surface area (Å²) in [6, 6.07) is 1.17. The standard InChI is InChI=1S/C7H10N3O2/c1-2-3-8-7(12)5-4-6(11)10-9-5/h4H,2-3H2,1H3,(H,8,12)(H,9,10). The van der Waals surface area contributed by atoms with E-state index in [1.165, 1.54) is 6.07 Å². The quantitative estimate of drug-likeness (QED) is 0.696. The van der Waals surface area contributed by atoms with Crippen LogP contribution in [0.3, 0.4) is 0 Å². The SMILES string of the molecule is CCCNC(=O)c1cc([O])[nH]n1. The molecule has 0 saturated heterocycles. The Hall–Kier alpha value is -1.52. The van der Waals surface area contributed by atoms with Gasteiger partial charge in [0.1, 0.15) is 0 Å². The first-order valence-corrected chi connectivity index (χ1v) is 3.74. The lowest BCUT2D eigenvalue weighted by Gasteiger charge is -1.97. The van der Waals surface area contributed by atoms with E-state index in [0.717, 1.165) is 6.42 Å². The second-order valence-electron chi connectivity index (χ2n) is 2.37. The fourth-order valence-electron chi connectivity index (χ4n) is 0.749. The lowest BCUT2D eigenvalue weighted by molar-refractivity contribution is 0.0948. The lowest BCUT2D eigenvalue weighted by Crippen LogP contribution is -2.24. The maximum atomic E-state index is 11.1. The van der Waals surface area contributed by atoms with Crippen LogP contribution in [0.2, 0.25) is 0 Å². The molecule has 1 rings (SSSR count). The summed E-state index contributed by atoms with van der Waals surface area (Å²) in [7, 11) is 0. The van der Waals surface area contributed by atoms with Gasteiger partial charge < -0.3 is 5.32 Å². The van der Waals surface area contributed by atoms with Crippen molar-refractivity contribution in [3.8, 4) is 5.88 Å². The van der Waals surface area contributed by atoms with E-state index in [4.69, 9.17) is 0 Å². The van der Waals surface area contributed by atoms with Crippen LogP contribution < -0.4 is 5.32 Å². The second-order valence-corrected chi connectivity index (χ2v) is 2.37. The molecule has 2 N–H and O–H groups in total. The average molecular weight is 168 g/mol. The number of amides is 1. The van der Waals surface area contributed by atoms with Crippen molar-refractivity contribution in [1.29, 1.82) is 0 Å². The molecule has 0 atom stereocenters. The molecule has 0 fully saturated rings. The molecular formula is C7H10N3O2. The largest absolute Gasteiger partial charge is 0.351 e. The van der Waals surface area contributed by atoms with Gasteiger partial charge in [0.2, 0.25) is 0 Å². The Labute approximate surface area is 69.8 Å². The Balaban J connectivity index is 2.53. The summed E-state index contributed by atoms with van der Waals surface area (Å²) in [6.07, 6.45) is 0.862. The third kappa shape index (κ3) is 1.98. The number of nitrogens with zero attached hydrogens (tertiary/aromatic N) is 1. The summed E-state index contributed by atoms with van der Waals surface area (Å²) in [4.78, 5) is 11.1. The number of rotatable bonds is 3. The Bertz CT molecular complexity index is 269. The minimum atomic E-state index is -0.350. The van der Waals surface area contributed by atoms with Crippen LogP contribution in [0.15, 0.2) is 6.07 Å². The topological polar surface area (TPSA) is 77.7 Å². The fourth-order valence-corrected chi connectivity index (χ4v) is 0.749. The number of carbonyl (C=O) groups excluding carboxylic acids is 1. The van der Waals surface area contributed by atoms with Gasteiger partial charge in [-0.1, -0.05) is 6.92 Å². The van der Waals surface area contributed by atoms with Crippen LogP contribution in [0, 0.1) is 0 Å². The van der Waals surface area contributed by atoms with Crippen molar-refractivity contribution in [2.75, 3.05) is 6.54 Å². The number of hydrogen-bond acceptors (Lipinski definition) is 2. The zero-order valence-corrected chi connectivity index (χ0v) is 6.76. The van der Waals surface area contributed by atoms with Crippen LogP contribution in [-0.4, -0.2) is 22.6 Å². The van der Waals surface area contributed by atoms with Crippen molar-refractivity contribution >= 4 is 5.91 Å². The second kappa shape index (κ2) is 3.75. The van der Waals surface area contributed by atoms with Crippen molar-refractivity contribution in [2.24, 2.45) is 0 Å². The molecule has 65 valence electrons. The summed E-state index contributed by atoms with van der Waals surface area (Å²) in [5, 5.41) is 18.9. The summed E-state index contributed by atoms with van der Waals surface area (Å²) in [5.41, 5.74) is 0.147. The molecular weight excluding hydrogens is 158 g/mol. The van der Waals surface area contributed by atoms with Gasteiger partial charge >= 0.3 is 0 Å². The van der Waals surface area contributed by atoms with Gasteiger partial charge in [0, 0.05) is 12.6 Å². The summed E-state index contributed by atoms with van der Waals surface area (Å²) >= 11 is 0. The van der Waals surface area contributed by atoms with Crippen LogP contribution in [0.4, 0.5) is 0 Å². The molecule has 1 radical (unpaired) electrons. The van der Waals surface area contributed by atoms with Gasteiger partial charge in [-0.05, 0) is 6.42 Å². The van der Waals surface area contributed by atoms with Crippen LogP contribution in [-0.2, 0) is 5.11 Å². The lowest BCUT2D eigenvalue weighted by atomic mass is 10.4. The molecule has 0 aliphatic carbocycles. The highest BCUT2D eigenvalue weighted by Gasteiger charge is 2.08. The number of hydrogen-bond donors (Lipinski definition) is 2. The first kappa shape index (κ1) is 8.58. The Morgan fingerprint density at radius 1 is 1.75 bits per heavy atom. The Kier molecular flexibility index (Phi) is 2.68. The minimum absolute atomic E-state index is 0.147. The van der Waals surface area contributed by atoms with E-state index in [0.29, 0.717) is 6.54 Å². The highest BCUT2D eigenvalue weighted by atomic mass is 16.3. The molecule has 0 spiro atoms. The normalized spacial score (nSPS) is 9.75. The highest BCUT2D eigenvalue weighted by molar-refractivity contribution is 5.92. The predicted molar refractivity (Wildman–Crippen MR) is 41.3 cm³/mol. The number of carbonyl (C=O) groups is 1. The third-order valence-electron chi connectivity index (χ3n) is 1.32. The van der Waals surface area contributed by atoms with Crippen LogP contribution in [0.25, 0.3) is 0 Å². The Morgan fingerprint density at radius 3 is 3.00 bits per heavy atom. The van der Waals surface area contributed by atoms with Gasteiger partial charge in [-0.2, -0.15) is 5.10 Å². The van der Waals surface area contributed by atoms with Gasteiger partial charge in [0.15, 0.2) is 5.69 Å². The van der Waals surface area contributed by atoms with Crippen LogP contribution in [0.1, 0.15) is 23.8 Å². The van der Waals surface area contributed by atoms with E-state index in [1.807, 2.05) is 6.92 Å². The molecule has 1 heterocycles. The molecule has 5 heteroatoms. The first-order chi connectivity index (χ1) is 5.74. The fraction of sp³-hybridized carbons (Fsp3) is 0.429. The first-order valence-electron chi connectivity index (χ1n) is 3.74. The Morgan fingerprint density at radius 2 is 2.50 bits per heavy atom. The molecule has 0 bridgehead atoms. The number of H-pyrrole nitrogens is 1. The van der Waals surface area contributed by atoms with Crippen LogP contribution >= 0.6 is 0 Å². The summed E-state index contributed by atoms with van der Waals surface area (Å²) < 4.78 is 0. The minimum Gasteiger partial charge on any atom is -0.351 e. The van der Waals surface area contributed by atoms with E-state index in [2.05, 4.69) is 15.5 Å². The number of nitrogens with one attached hydrogen (secondary N) is 2. The molecule has 0 aliphatic rings. The molecule has 5 nitrogen and oxygen atoms in total. The van der Waals surface area contributed by atoms with Crippen LogP contribution in [0.5, 0.6) is 5.88 Å². The zero-order valence-electron chi connectivity index (χ0n) is 6.76. The molecule has 0 saturated carbocycles. The molecule has 1 aromatic heterocycles. The smallest absolute Gasteiger partial charge is 0.271 e. The average Bonchev–Trinajstić information content (AvgIpc) is 2.47. The number of aromatic amines is 1. The maximum Gasteiger partial charge on any atom is 0.271 e. The zero-order chi connectivity index (χ0) is 8.97. The van der Waals surface area contributed by atoms with E-state index >= 15 is 0 Å². The third-order valence-corrected chi connectivity index (χ3v) is 1.32. The summed E-state index contributed by atoms with van der Waals surface area (Å²) in [5.74, 6) is -0.660. The van der Waals surface area contributed by atoms with E-state index < -0.39 is 0 Å². The molecule has 0 unspecified atom stereocenters. The monoisotopic (exact) mass is 168 g/mol. The molecule has 0 aliphatic heterocycles.